The summed E-state index contributed by atoms with van der Waals surface area (Å²) in [5.74, 6) is 0.574. The first-order chi connectivity index (χ1) is 7.13. The third kappa shape index (κ3) is 3.84. The minimum atomic E-state index is 0.492. The van der Waals surface area contributed by atoms with Crippen molar-refractivity contribution in [3.05, 3.63) is 46.4 Å². The lowest BCUT2D eigenvalue weighted by atomic mass is 10.2. The molecular formula is C12H15ClO2. The summed E-state index contributed by atoms with van der Waals surface area (Å²) >= 11 is 5.78. The van der Waals surface area contributed by atoms with Gasteiger partial charge in [0.1, 0.15) is 6.61 Å². The van der Waals surface area contributed by atoms with E-state index in [0.717, 1.165) is 16.2 Å². The topological polar surface area (TPSA) is 18.5 Å². The lowest BCUT2D eigenvalue weighted by Gasteiger charge is -2.10. The Hall–Kier alpha value is -1.15. The fourth-order valence-electron chi connectivity index (χ4n) is 1.14. The second kappa shape index (κ2) is 5.66. The van der Waals surface area contributed by atoms with Crippen molar-refractivity contribution in [1.82, 2.24) is 0 Å². The van der Waals surface area contributed by atoms with E-state index in [0.29, 0.717) is 12.6 Å². The highest BCUT2D eigenvalue weighted by atomic mass is 35.5. The fraction of sp³-hybridized carbons (Fsp3) is 0.333. The van der Waals surface area contributed by atoms with Crippen LogP contribution >= 0.6 is 11.6 Å². The Kier molecular flexibility index (Phi) is 4.50. The van der Waals surface area contributed by atoms with Gasteiger partial charge in [-0.2, -0.15) is 0 Å². The molecule has 82 valence electrons. The van der Waals surface area contributed by atoms with Gasteiger partial charge >= 0.3 is 0 Å². The molecule has 0 bridgehead atoms. The summed E-state index contributed by atoms with van der Waals surface area (Å²) in [6.45, 7) is 4.38. The van der Waals surface area contributed by atoms with E-state index < -0.39 is 0 Å². The normalized spacial score (nSPS) is 9.60. The number of hydrogen-bond donors (Lipinski definition) is 0. The van der Waals surface area contributed by atoms with Crippen LogP contribution in [0, 0.1) is 0 Å². The number of halogens is 1. The van der Waals surface area contributed by atoms with Gasteiger partial charge in [0.25, 0.3) is 5.95 Å². The predicted octanol–water partition coefficient (Wildman–Crippen LogP) is 3.75. The molecule has 1 aromatic rings. The van der Waals surface area contributed by atoms with Crippen molar-refractivity contribution in [2.75, 3.05) is 7.11 Å². The quantitative estimate of drug-likeness (QED) is 0.728. The van der Waals surface area contributed by atoms with Gasteiger partial charge in [0.05, 0.1) is 7.11 Å². The van der Waals surface area contributed by atoms with E-state index in [2.05, 4.69) is 0 Å². The smallest absolute Gasteiger partial charge is 0.277 e. The van der Waals surface area contributed by atoms with Gasteiger partial charge in [-0.25, -0.2) is 0 Å². The lowest BCUT2D eigenvalue weighted by Crippen LogP contribution is -1.97. The van der Waals surface area contributed by atoms with E-state index in [-0.39, 0.29) is 0 Å². The van der Waals surface area contributed by atoms with Crippen LogP contribution in [0.25, 0.3) is 0 Å². The largest absolute Gasteiger partial charge is 0.469 e. The summed E-state index contributed by atoms with van der Waals surface area (Å²) in [7, 11) is 1.60. The maximum Gasteiger partial charge on any atom is 0.277 e. The van der Waals surface area contributed by atoms with E-state index >= 15 is 0 Å². The van der Waals surface area contributed by atoms with Gasteiger partial charge in [-0.05, 0) is 31.5 Å². The van der Waals surface area contributed by atoms with Crippen molar-refractivity contribution in [1.29, 1.82) is 0 Å². The van der Waals surface area contributed by atoms with E-state index in [1.807, 2.05) is 38.1 Å². The fourth-order valence-corrected chi connectivity index (χ4v) is 1.26. The third-order valence-electron chi connectivity index (χ3n) is 1.88. The summed E-state index contributed by atoms with van der Waals surface area (Å²) in [6.07, 6.45) is 0. The second-order valence-corrected chi connectivity index (χ2v) is 3.84. The van der Waals surface area contributed by atoms with Gasteiger partial charge in [0.2, 0.25) is 0 Å². The molecule has 0 radical (unpaired) electrons. The van der Waals surface area contributed by atoms with Crippen LogP contribution in [0.3, 0.4) is 0 Å². The van der Waals surface area contributed by atoms with Gasteiger partial charge in [-0.3, -0.25) is 0 Å². The van der Waals surface area contributed by atoms with Crippen LogP contribution in [-0.2, 0) is 16.1 Å². The van der Waals surface area contributed by atoms with Gasteiger partial charge in [-0.15, -0.1) is 0 Å². The molecule has 0 saturated heterocycles. The molecular weight excluding hydrogens is 212 g/mol. The molecule has 0 aliphatic rings. The molecule has 0 unspecified atom stereocenters. The van der Waals surface area contributed by atoms with Gasteiger partial charge < -0.3 is 9.47 Å². The Labute approximate surface area is 95.5 Å². The molecule has 0 N–H and O–H groups in total. The SMILES string of the molecule is COC(OCc1ccc(Cl)cc1)=C(C)C. The van der Waals surface area contributed by atoms with Crippen molar-refractivity contribution >= 4 is 11.6 Å². The Morgan fingerprint density at radius 2 is 1.80 bits per heavy atom. The zero-order valence-corrected chi connectivity index (χ0v) is 9.97. The Morgan fingerprint density at radius 3 is 2.27 bits per heavy atom. The van der Waals surface area contributed by atoms with Crippen molar-refractivity contribution in [3.8, 4) is 0 Å². The average molecular weight is 227 g/mol. The summed E-state index contributed by atoms with van der Waals surface area (Å²) in [5, 5.41) is 0.730. The maximum absolute atomic E-state index is 5.78. The van der Waals surface area contributed by atoms with Crippen LogP contribution in [0.15, 0.2) is 35.8 Å². The van der Waals surface area contributed by atoms with Crippen molar-refractivity contribution in [2.24, 2.45) is 0 Å². The molecule has 0 atom stereocenters. The van der Waals surface area contributed by atoms with Crippen LogP contribution in [-0.4, -0.2) is 7.11 Å². The van der Waals surface area contributed by atoms with Gasteiger partial charge in [0.15, 0.2) is 0 Å². The van der Waals surface area contributed by atoms with Crippen molar-refractivity contribution in [3.63, 3.8) is 0 Å². The maximum atomic E-state index is 5.78. The molecule has 1 rings (SSSR count). The number of allylic oxidation sites excluding steroid dienone is 1. The number of ether oxygens (including phenoxy) is 2. The van der Waals surface area contributed by atoms with E-state index in [1.54, 1.807) is 7.11 Å². The summed E-state index contributed by atoms with van der Waals surface area (Å²) < 4.78 is 10.6. The zero-order valence-electron chi connectivity index (χ0n) is 9.21. The highest BCUT2D eigenvalue weighted by Crippen LogP contribution is 2.13. The molecule has 0 aliphatic carbocycles. The molecule has 0 fully saturated rings. The first kappa shape index (κ1) is 11.9. The zero-order chi connectivity index (χ0) is 11.3. The second-order valence-electron chi connectivity index (χ2n) is 3.41. The molecule has 15 heavy (non-hydrogen) atoms. The average Bonchev–Trinajstić information content (AvgIpc) is 2.21. The minimum Gasteiger partial charge on any atom is -0.469 e. The standard InChI is InChI=1S/C12H15ClO2/c1-9(2)12(14-3)15-8-10-4-6-11(13)7-5-10/h4-7H,8H2,1-3H3. The van der Waals surface area contributed by atoms with Gasteiger partial charge in [-0.1, -0.05) is 23.7 Å². The van der Waals surface area contributed by atoms with E-state index in [9.17, 15) is 0 Å². The minimum absolute atomic E-state index is 0.492. The Bertz CT molecular complexity index is 337. The summed E-state index contributed by atoms with van der Waals surface area (Å²) in [5.41, 5.74) is 2.08. The van der Waals surface area contributed by atoms with Crippen molar-refractivity contribution in [2.45, 2.75) is 20.5 Å². The molecule has 0 heterocycles. The molecule has 1 aromatic carbocycles. The van der Waals surface area contributed by atoms with Crippen LogP contribution in [0.2, 0.25) is 5.02 Å². The van der Waals surface area contributed by atoms with Crippen LogP contribution in [0.4, 0.5) is 0 Å². The number of benzene rings is 1. The molecule has 2 nitrogen and oxygen atoms in total. The van der Waals surface area contributed by atoms with Crippen LogP contribution in [0.1, 0.15) is 19.4 Å². The molecule has 0 aliphatic heterocycles. The first-order valence-corrected chi connectivity index (χ1v) is 5.10. The Morgan fingerprint density at radius 1 is 1.20 bits per heavy atom. The summed E-state index contributed by atoms with van der Waals surface area (Å²) in [6, 6.07) is 7.55. The number of rotatable bonds is 4. The third-order valence-corrected chi connectivity index (χ3v) is 2.13. The molecule has 0 saturated carbocycles. The number of hydrogen-bond acceptors (Lipinski definition) is 2. The predicted molar refractivity (Wildman–Crippen MR) is 61.6 cm³/mol. The van der Waals surface area contributed by atoms with Crippen molar-refractivity contribution < 1.29 is 9.47 Å². The Balaban J connectivity index is 2.57. The lowest BCUT2D eigenvalue weighted by molar-refractivity contribution is 0.0490. The highest BCUT2D eigenvalue weighted by molar-refractivity contribution is 6.30. The number of methoxy groups -OCH3 is 1. The monoisotopic (exact) mass is 226 g/mol. The molecule has 0 spiro atoms. The van der Waals surface area contributed by atoms with E-state index in [1.165, 1.54) is 0 Å². The molecule has 3 heteroatoms. The molecule has 0 aromatic heterocycles. The van der Waals surface area contributed by atoms with Crippen LogP contribution in [0.5, 0.6) is 0 Å². The van der Waals surface area contributed by atoms with Crippen LogP contribution < -0.4 is 0 Å². The molecule has 0 amide bonds. The van der Waals surface area contributed by atoms with E-state index in [4.69, 9.17) is 21.1 Å². The highest BCUT2D eigenvalue weighted by Gasteiger charge is 2.00. The van der Waals surface area contributed by atoms with Gasteiger partial charge in [0, 0.05) is 10.6 Å². The first-order valence-electron chi connectivity index (χ1n) is 4.72. The summed E-state index contributed by atoms with van der Waals surface area (Å²) in [4.78, 5) is 0.